The lowest BCUT2D eigenvalue weighted by molar-refractivity contribution is -0.125. The molecule has 0 saturated heterocycles. The molecule has 1 aromatic rings. The van der Waals surface area contributed by atoms with Gasteiger partial charge in [-0.2, -0.15) is 0 Å². The minimum Gasteiger partial charge on any atom is -0.355 e. The number of nitrogens with two attached hydrogens (primary N) is 1. The summed E-state index contributed by atoms with van der Waals surface area (Å²) >= 11 is 0. The Hall–Kier alpha value is -1.40. The highest BCUT2D eigenvalue weighted by atomic mass is 32.2. The van der Waals surface area contributed by atoms with Crippen LogP contribution >= 0.6 is 0 Å². The maximum atomic E-state index is 12.3. The largest absolute Gasteiger partial charge is 0.355 e. The monoisotopic (exact) mass is 324 g/mol. The van der Waals surface area contributed by atoms with Gasteiger partial charge in [-0.05, 0) is 18.4 Å². The number of hydrogen-bond acceptors (Lipinski definition) is 4. The Balaban J connectivity index is 1.90. The van der Waals surface area contributed by atoms with Crippen molar-refractivity contribution in [3.63, 3.8) is 0 Å². The van der Waals surface area contributed by atoms with Crippen LogP contribution in [0, 0.1) is 11.3 Å². The maximum absolute atomic E-state index is 12.3. The van der Waals surface area contributed by atoms with E-state index in [0.29, 0.717) is 6.54 Å². The number of rotatable bonds is 7. The first-order valence-corrected chi connectivity index (χ1v) is 9.54. The molecular weight excluding hydrogens is 300 g/mol. The summed E-state index contributed by atoms with van der Waals surface area (Å²) in [5.41, 5.74) is 6.79. The number of sulfone groups is 1. The van der Waals surface area contributed by atoms with Crippen molar-refractivity contribution in [2.75, 3.05) is 18.6 Å². The van der Waals surface area contributed by atoms with E-state index in [1.165, 1.54) is 6.26 Å². The Kier molecular flexibility index (Phi) is 4.92. The summed E-state index contributed by atoms with van der Waals surface area (Å²) in [5, 5.41) is 2.88. The highest BCUT2D eigenvalue weighted by Gasteiger charge is 2.45. The molecule has 2 atom stereocenters. The number of nitrogens with one attached hydrogen (secondary N) is 1. The van der Waals surface area contributed by atoms with Crippen LogP contribution in [0.5, 0.6) is 0 Å². The standard InChI is InChI=1S/C16H24N2O3S/c1-12(14(17)13-6-4-3-5-7-13)15(19)18-10-16(8-9-16)11-22(2,20)21/h3-7,12,14H,8-11,17H2,1-2H3,(H,18,19). The van der Waals surface area contributed by atoms with Gasteiger partial charge in [0, 0.05) is 24.3 Å². The van der Waals surface area contributed by atoms with E-state index < -0.39 is 9.84 Å². The fourth-order valence-electron chi connectivity index (χ4n) is 2.67. The zero-order valence-electron chi connectivity index (χ0n) is 13.1. The molecule has 5 nitrogen and oxygen atoms in total. The molecule has 1 aliphatic rings. The van der Waals surface area contributed by atoms with Crippen molar-refractivity contribution in [2.45, 2.75) is 25.8 Å². The molecule has 3 N–H and O–H groups in total. The molecule has 0 aromatic heterocycles. The van der Waals surface area contributed by atoms with Gasteiger partial charge in [0.15, 0.2) is 0 Å². The number of carbonyl (C=O) groups is 1. The van der Waals surface area contributed by atoms with Crippen molar-refractivity contribution in [1.82, 2.24) is 5.32 Å². The summed E-state index contributed by atoms with van der Waals surface area (Å²) in [4.78, 5) is 12.3. The van der Waals surface area contributed by atoms with Crippen LogP contribution in [0.15, 0.2) is 30.3 Å². The number of amides is 1. The summed E-state index contributed by atoms with van der Waals surface area (Å²) in [6, 6.07) is 9.13. The van der Waals surface area contributed by atoms with Gasteiger partial charge in [-0.3, -0.25) is 4.79 Å². The topological polar surface area (TPSA) is 89.3 Å². The van der Waals surface area contributed by atoms with E-state index in [-0.39, 0.29) is 29.0 Å². The molecule has 6 heteroatoms. The van der Waals surface area contributed by atoms with Crippen molar-refractivity contribution < 1.29 is 13.2 Å². The van der Waals surface area contributed by atoms with Crippen molar-refractivity contribution >= 4 is 15.7 Å². The summed E-state index contributed by atoms with van der Waals surface area (Å²) < 4.78 is 22.9. The second-order valence-electron chi connectivity index (χ2n) is 6.51. The Morgan fingerprint density at radius 1 is 1.32 bits per heavy atom. The van der Waals surface area contributed by atoms with E-state index in [4.69, 9.17) is 5.73 Å². The van der Waals surface area contributed by atoms with Crippen LogP contribution in [0.4, 0.5) is 0 Å². The average Bonchev–Trinajstić information content (AvgIpc) is 3.22. The Morgan fingerprint density at radius 3 is 2.41 bits per heavy atom. The molecule has 2 rings (SSSR count). The van der Waals surface area contributed by atoms with Crippen molar-refractivity contribution in [3.8, 4) is 0 Å². The molecule has 0 bridgehead atoms. The lowest BCUT2D eigenvalue weighted by Crippen LogP contribution is -2.39. The van der Waals surface area contributed by atoms with Crippen molar-refractivity contribution in [2.24, 2.45) is 17.1 Å². The highest BCUT2D eigenvalue weighted by Crippen LogP contribution is 2.46. The van der Waals surface area contributed by atoms with Crippen molar-refractivity contribution in [1.29, 1.82) is 0 Å². The van der Waals surface area contributed by atoms with Gasteiger partial charge in [-0.1, -0.05) is 37.3 Å². The van der Waals surface area contributed by atoms with Crippen molar-refractivity contribution in [3.05, 3.63) is 35.9 Å². The number of hydrogen-bond donors (Lipinski definition) is 2. The minimum absolute atomic E-state index is 0.129. The summed E-state index contributed by atoms with van der Waals surface area (Å²) in [5.74, 6) is -0.355. The molecule has 0 radical (unpaired) electrons. The van der Waals surface area contributed by atoms with Crippen LogP contribution in [0.1, 0.15) is 31.4 Å². The van der Waals surface area contributed by atoms with Gasteiger partial charge < -0.3 is 11.1 Å². The minimum atomic E-state index is -3.02. The molecule has 1 saturated carbocycles. The first-order chi connectivity index (χ1) is 10.2. The van der Waals surface area contributed by atoms with Gasteiger partial charge in [0.05, 0.1) is 11.7 Å². The second kappa shape index (κ2) is 6.38. The fourth-order valence-corrected chi connectivity index (χ4v) is 4.17. The van der Waals surface area contributed by atoms with Gasteiger partial charge >= 0.3 is 0 Å². The zero-order chi connectivity index (χ0) is 16.4. The normalized spacial score (nSPS) is 19.2. The first kappa shape index (κ1) is 17.0. The van der Waals surface area contributed by atoms with Crippen LogP contribution in [0.3, 0.4) is 0 Å². The third kappa shape index (κ3) is 4.55. The van der Waals surface area contributed by atoms with Gasteiger partial charge in [-0.25, -0.2) is 8.42 Å². The first-order valence-electron chi connectivity index (χ1n) is 7.48. The van der Waals surface area contributed by atoms with Gasteiger partial charge in [0.25, 0.3) is 0 Å². The predicted octanol–water partition coefficient (Wildman–Crippen LogP) is 1.26. The van der Waals surface area contributed by atoms with Gasteiger partial charge in [0.2, 0.25) is 5.91 Å². The van der Waals surface area contributed by atoms with Crippen LogP contribution < -0.4 is 11.1 Å². The molecule has 2 unspecified atom stereocenters. The van der Waals surface area contributed by atoms with E-state index in [0.717, 1.165) is 18.4 Å². The van der Waals surface area contributed by atoms with Gasteiger partial charge in [0.1, 0.15) is 9.84 Å². The van der Waals surface area contributed by atoms with E-state index in [1.54, 1.807) is 6.92 Å². The Labute approximate surface area is 132 Å². The Bertz CT molecular complexity index is 624. The SMILES string of the molecule is CC(C(=O)NCC1(CS(C)(=O)=O)CC1)C(N)c1ccccc1. The maximum Gasteiger partial charge on any atom is 0.224 e. The quantitative estimate of drug-likeness (QED) is 0.790. The lowest BCUT2D eigenvalue weighted by atomic mass is 9.94. The molecule has 122 valence electrons. The zero-order valence-corrected chi connectivity index (χ0v) is 13.9. The van der Waals surface area contributed by atoms with Crippen LogP contribution in [-0.4, -0.2) is 32.9 Å². The summed E-state index contributed by atoms with van der Waals surface area (Å²) in [6.07, 6.45) is 2.93. The van der Waals surface area contributed by atoms with Crippen LogP contribution in [0.25, 0.3) is 0 Å². The van der Waals surface area contributed by atoms with Crippen LogP contribution in [-0.2, 0) is 14.6 Å². The third-order valence-corrected chi connectivity index (χ3v) is 5.44. The summed E-state index contributed by atoms with van der Waals surface area (Å²) in [6.45, 7) is 2.20. The molecule has 0 spiro atoms. The van der Waals surface area contributed by atoms with E-state index >= 15 is 0 Å². The van der Waals surface area contributed by atoms with E-state index in [1.807, 2.05) is 30.3 Å². The molecule has 1 aromatic carbocycles. The summed E-state index contributed by atoms with van der Waals surface area (Å²) in [7, 11) is -3.02. The molecule has 22 heavy (non-hydrogen) atoms. The number of carbonyl (C=O) groups excluding carboxylic acids is 1. The average molecular weight is 324 g/mol. The van der Waals surface area contributed by atoms with E-state index in [2.05, 4.69) is 5.32 Å². The van der Waals surface area contributed by atoms with E-state index in [9.17, 15) is 13.2 Å². The molecule has 1 aliphatic carbocycles. The van der Waals surface area contributed by atoms with Crippen LogP contribution in [0.2, 0.25) is 0 Å². The van der Waals surface area contributed by atoms with Gasteiger partial charge in [-0.15, -0.1) is 0 Å². The third-order valence-electron chi connectivity index (χ3n) is 4.30. The second-order valence-corrected chi connectivity index (χ2v) is 8.65. The number of benzene rings is 1. The molecule has 0 aliphatic heterocycles. The molecule has 1 fully saturated rings. The Morgan fingerprint density at radius 2 is 1.91 bits per heavy atom. The highest BCUT2D eigenvalue weighted by molar-refractivity contribution is 7.90. The lowest BCUT2D eigenvalue weighted by Gasteiger charge is -2.22. The fraction of sp³-hybridized carbons (Fsp3) is 0.562. The molecular formula is C16H24N2O3S. The predicted molar refractivity (Wildman–Crippen MR) is 86.9 cm³/mol. The molecule has 1 amide bonds. The molecule has 0 heterocycles. The smallest absolute Gasteiger partial charge is 0.224 e.